The Kier molecular flexibility index (Phi) is 3.42. The zero-order valence-electron chi connectivity index (χ0n) is 9.34. The molecule has 0 unspecified atom stereocenters. The summed E-state index contributed by atoms with van der Waals surface area (Å²) in [5.74, 6) is 0. The number of benzene rings is 1. The van der Waals surface area contributed by atoms with E-state index in [2.05, 4.69) is 10.3 Å². The van der Waals surface area contributed by atoms with E-state index in [1.807, 2.05) is 6.07 Å². The molecule has 1 aromatic heterocycles. The van der Waals surface area contributed by atoms with Crippen molar-refractivity contribution in [3.63, 3.8) is 0 Å². The highest BCUT2D eigenvalue weighted by Crippen LogP contribution is 2.28. The first kappa shape index (κ1) is 12.0. The third-order valence-corrected chi connectivity index (χ3v) is 2.82. The van der Waals surface area contributed by atoms with Crippen LogP contribution in [0.5, 0.6) is 0 Å². The number of hydrogen-bond donors (Lipinski definition) is 2. The summed E-state index contributed by atoms with van der Waals surface area (Å²) in [4.78, 5) is 0. The Labute approximate surface area is 104 Å². The van der Waals surface area contributed by atoms with Crippen LogP contribution in [0.25, 0.3) is 11.3 Å². The molecule has 3 N–H and O–H groups in total. The first-order chi connectivity index (χ1) is 8.11. The molecule has 0 saturated carbocycles. The molecule has 0 aliphatic rings. The number of nitrogens with two attached hydrogens (primary N) is 1. The monoisotopic (exact) mass is 252 g/mol. The van der Waals surface area contributed by atoms with Gasteiger partial charge in [-0.25, -0.2) is 0 Å². The quantitative estimate of drug-likeness (QED) is 0.859. The van der Waals surface area contributed by atoms with Gasteiger partial charge in [0.05, 0.1) is 23.9 Å². The van der Waals surface area contributed by atoms with Crippen LogP contribution >= 0.6 is 11.6 Å². The van der Waals surface area contributed by atoms with E-state index in [9.17, 15) is 0 Å². The first-order valence-electron chi connectivity index (χ1n) is 5.14. The molecule has 2 aromatic rings. The van der Waals surface area contributed by atoms with Gasteiger partial charge in [-0.05, 0) is 17.7 Å². The molecule has 1 atom stereocenters. The van der Waals surface area contributed by atoms with Crippen LogP contribution in [0, 0.1) is 0 Å². The lowest BCUT2D eigenvalue weighted by Gasteiger charge is -2.10. The van der Waals surface area contributed by atoms with E-state index in [4.69, 9.17) is 22.4 Å². The molecule has 0 saturated heterocycles. The minimum atomic E-state index is -0.414. The molecule has 0 radical (unpaired) electrons. The normalized spacial score (nSPS) is 12.7. The molecule has 0 fully saturated rings. The average Bonchev–Trinajstić information content (AvgIpc) is 2.75. The molecule has 90 valence electrons. The van der Waals surface area contributed by atoms with E-state index in [0.29, 0.717) is 10.7 Å². The zero-order valence-corrected chi connectivity index (χ0v) is 10.1. The van der Waals surface area contributed by atoms with Gasteiger partial charge in [-0.3, -0.25) is 4.68 Å². The molecule has 0 aliphatic carbocycles. The highest BCUT2D eigenvalue weighted by Gasteiger charge is 2.11. The standard InChI is InChI=1S/C11H13ClN4O/c1-16-5-11(14-15-16)8-4-7(10(13)6-17)2-3-9(8)12/h2-5,10,17H,6,13H2,1H3/t10-/m1/s1. The van der Waals surface area contributed by atoms with Crippen LogP contribution in [0.1, 0.15) is 11.6 Å². The summed E-state index contributed by atoms with van der Waals surface area (Å²) in [6, 6.07) is 4.95. The minimum absolute atomic E-state index is 0.110. The Morgan fingerprint density at radius 2 is 2.29 bits per heavy atom. The second-order valence-electron chi connectivity index (χ2n) is 3.81. The summed E-state index contributed by atoms with van der Waals surface area (Å²) < 4.78 is 1.60. The van der Waals surface area contributed by atoms with E-state index in [1.54, 1.807) is 30.1 Å². The lowest BCUT2D eigenvalue weighted by Crippen LogP contribution is -2.14. The summed E-state index contributed by atoms with van der Waals surface area (Å²) in [6.07, 6.45) is 1.77. The molecule has 5 nitrogen and oxygen atoms in total. The number of hydrogen-bond acceptors (Lipinski definition) is 4. The van der Waals surface area contributed by atoms with Gasteiger partial charge < -0.3 is 10.8 Å². The fourth-order valence-electron chi connectivity index (χ4n) is 1.55. The highest BCUT2D eigenvalue weighted by atomic mass is 35.5. The Hall–Kier alpha value is -1.43. The lowest BCUT2D eigenvalue weighted by molar-refractivity contribution is 0.268. The lowest BCUT2D eigenvalue weighted by atomic mass is 10.0. The highest BCUT2D eigenvalue weighted by molar-refractivity contribution is 6.33. The molecular formula is C11H13ClN4O. The maximum Gasteiger partial charge on any atom is 0.114 e. The summed E-state index contributed by atoms with van der Waals surface area (Å²) in [6.45, 7) is -0.110. The SMILES string of the molecule is Cn1cc(-c2cc([C@H](N)CO)ccc2Cl)nn1. The number of halogens is 1. The van der Waals surface area contributed by atoms with Crippen molar-refractivity contribution >= 4 is 11.6 Å². The summed E-state index contributed by atoms with van der Waals surface area (Å²) in [5.41, 5.74) is 8.03. The summed E-state index contributed by atoms with van der Waals surface area (Å²) >= 11 is 6.11. The largest absolute Gasteiger partial charge is 0.394 e. The number of aryl methyl sites for hydroxylation is 1. The second-order valence-corrected chi connectivity index (χ2v) is 4.21. The van der Waals surface area contributed by atoms with Crippen LogP contribution in [-0.2, 0) is 7.05 Å². The van der Waals surface area contributed by atoms with Gasteiger partial charge in [0.25, 0.3) is 0 Å². The first-order valence-corrected chi connectivity index (χ1v) is 5.52. The zero-order chi connectivity index (χ0) is 12.4. The second kappa shape index (κ2) is 4.83. The summed E-state index contributed by atoms with van der Waals surface area (Å²) in [7, 11) is 1.79. The number of rotatable bonds is 3. The minimum Gasteiger partial charge on any atom is -0.394 e. The van der Waals surface area contributed by atoms with Gasteiger partial charge in [-0.1, -0.05) is 22.9 Å². The maximum absolute atomic E-state index is 9.03. The van der Waals surface area contributed by atoms with Crippen molar-refractivity contribution in [1.29, 1.82) is 0 Å². The van der Waals surface area contributed by atoms with Crippen molar-refractivity contribution in [1.82, 2.24) is 15.0 Å². The van der Waals surface area contributed by atoms with Gasteiger partial charge in [0.2, 0.25) is 0 Å². The smallest absolute Gasteiger partial charge is 0.114 e. The van der Waals surface area contributed by atoms with Crippen molar-refractivity contribution in [2.24, 2.45) is 12.8 Å². The Balaban J connectivity index is 2.46. The van der Waals surface area contributed by atoms with Gasteiger partial charge in [0.15, 0.2) is 0 Å². The van der Waals surface area contributed by atoms with E-state index < -0.39 is 6.04 Å². The van der Waals surface area contributed by atoms with Crippen molar-refractivity contribution in [2.45, 2.75) is 6.04 Å². The van der Waals surface area contributed by atoms with Gasteiger partial charge in [0.1, 0.15) is 5.69 Å². The molecule has 0 aliphatic heterocycles. The predicted octanol–water partition coefficient (Wildman–Crippen LogP) is 1.13. The van der Waals surface area contributed by atoms with Crippen LogP contribution < -0.4 is 5.73 Å². The molecule has 0 amide bonds. The van der Waals surface area contributed by atoms with Crippen molar-refractivity contribution in [2.75, 3.05) is 6.61 Å². The van der Waals surface area contributed by atoms with Crippen LogP contribution in [0.3, 0.4) is 0 Å². The Bertz CT molecular complexity index is 526. The maximum atomic E-state index is 9.03. The molecule has 1 aromatic carbocycles. The number of aliphatic hydroxyl groups excluding tert-OH is 1. The predicted molar refractivity (Wildman–Crippen MR) is 65.5 cm³/mol. The summed E-state index contributed by atoms with van der Waals surface area (Å²) in [5, 5.41) is 17.5. The van der Waals surface area contributed by atoms with Crippen LogP contribution in [-0.4, -0.2) is 26.7 Å². The molecule has 0 spiro atoms. The van der Waals surface area contributed by atoms with Crippen molar-refractivity contribution in [3.8, 4) is 11.3 Å². The van der Waals surface area contributed by atoms with Crippen molar-refractivity contribution in [3.05, 3.63) is 35.0 Å². The molecule has 0 bridgehead atoms. The molecular weight excluding hydrogens is 240 g/mol. The Morgan fingerprint density at radius 1 is 1.53 bits per heavy atom. The fourth-order valence-corrected chi connectivity index (χ4v) is 1.76. The van der Waals surface area contributed by atoms with E-state index >= 15 is 0 Å². The number of aromatic nitrogens is 3. The number of nitrogens with zero attached hydrogens (tertiary/aromatic N) is 3. The third kappa shape index (κ3) is 2.46. The van der Waals surface area contributed by atoms with Crippen LogP contribution in [0.2, 0.25) is 5.02 Å². The van der Waals surface area contributed by atoms with Gasteiger partial charge in [-0.2, -0.15) is 0 Å². The van der Waals surface area contributed by atoms with Crippen LogP contribution in [0.4, 0.5) is 0 Å². The van der Waals surface area contributed by atoms with E-state index in [1.165, 1.54) is 0 Å². The van der Waals surface area contributed by atoms with Gasteiger partial charge in [0, 0.05) is 12.6 Å². The van der Waals surface area contributed by atoms with E-state index in [0.717, 1.165) is 11.1 Å². The Morgan fingerprint density at radius 3 is 2.88 bits per heavy atom. The van der Waals surface area contributed by atoms with Gasteiger partial charge >= 0.3 is 0 Å². The fraction of sp³-hybridized carbons (Fsp3) is 0.273. The molecule has 1 heterocycles. The molecule has 2 rings (SSSR count). The van der Waals surface area contributed by atoms with Crippen LogP contribution in [0.15, 0.2) is 24.4 Å². The van der Waals surface area contributed by atoms with Crippen molar-refractivity contribution < 1.29 is 5.11 Å². The molecule has 6 heteroatoms. The topological polar surface area (TPSA) is 77.0 Å². The number of aliphatic hydroxyl groups is 1. The van der Waals surface area contributed by atoms with Gasteiger partial charge in [-0.15, -0.1) is 5.10 Å². The average molecular weight is 253 g/mol. The molecule has 17 heavy (non-hydrogen) atoms. The van der Waals surface area contributed by atoms with E-state index in [-0.39, 0.29) is 6.61 Å². The third-order valence-electron chi connectivity index (χ3n) is 2.49.